The molecule has 2 bridgehead atoms. The first-order valence-electron chi connectivity index (χ1n) is 9.60. The molecule has 0 saturated carbocycles. The number of nitrogens with one attached hydrogen (secondary N) is 1. The SMILES string of the molecule is COc1cc(NC(=O)[C@@H]2[C@H]3C(=O)N(c4cc(C)on4)C[C@@]34C=C[C@H]2O4)cc(OC)c1. The highest BCUT2D eigenvalue weighted by Crippen LogP contribution is 2.52. The second-order valence-electron chi connectivity index (χ2n) is 7.71. The van der Waals surface area contributed by atoms with Gasteiger partial charge in [-0.25, -0.2) is 0 Å². The topological polar surface area (TPSA) is 103 Å². The van der Waals surface area contributed by atoms with Gasteiger partial charge in [-0.2, -0.15) is 0 Å². The van der Waals surface area contributed by atoms with E-state index >= 15 is 0 Å². The first kappa shape index (κ1) is 18.7. The van der Waals surface area contributed by atoms with Crippen LogP contribution in [-0.4, -0.2) is 49.4 Å². The minimum atomic E-state index is -0.831. The summed E-state index contributed by atoms with van der Waals surface area (Å²) in [5.41, 5.74) is -0.311. The zero-order valence-corrected chi connectivity index (χ0v) is 16.7. The number of benzene rings is 1. The van der Waals surface area contributed by atoms with E-state index in [1.807, 2.05) is 12.2 Å². The van der Waals surface area contributed by atoms with Crippen LogP contribution < -0.4 is 19.7 Å². The van der Waals surface area contributed by atoms with Gasteiger partial charge in [0.25, 0.3) is 0 Å². The van der Waals surface area contributed by atoms with Crippen LogP contribution in [0.2, 0.25) is 0 Å². The molecule has 1 spiro atoms. The summed E-state index contributed by atoms with van der Waals surface area (Å²) in [6.45, 7) is 2.06. The average molecular weight is 411 g/mol. The maximum absolute atomic E-state index is 13.3. The largest absolute Gasteiger partial charge is 0.497 e. The lowest BCUT2D eigenvalue weighted by Gasteiger charge is -2.23. The first-order chi connectivity index (χ1) is 14.4. The van der Waals surface area contributed by atoms with Crippen molar-refractivity contribution in [3.8, 4) is 11.5 Å². The van der Waals surface area contributed by atoms with Crippen LogP contribution in [-0.2, 0) is 14.3 Å². The fourth-order valence-corrected chi connectivity index (χ4v) is 4.58. The molecule has 9 heteroatoms. The Labute approximate surface area is 172 Å². The summed E-state index contributed by atoms with van der Waals surface area (Å²) in [4.78, 5) is 28.0. The molecule has 2 amide bonds. The van der Waals surface area contributed by atoms with Gasteiger partial charge in [0, 0.05) is 30.0 Å². The molecule has 3 aliphatic heterocycles. The van der Waals surface area contributed by atoms with Gasteiger partial charge in [0.05, 0.1) is 38.7 Å². The maximum Gasteiger partial charge on any atom is 0.235 e. The van der Waals surface area contributed by atoms with Gasteiger partial charge in [-0.3, -0.25) is 14.5 Å². The number of carbonyl (C=O) groups is 2. The monoisotopic (exact) mass is 411 g/mol. The molecule has 0 aliphatic carbocycles. The van der Waals surface area contributed by atoms with Crippen molar-refractivity contribution < 1.29 is 28.3 Å². The zero-order chi connectivity index (χ0) is 21.0. The second-order valence-corrected chi connectivity index (χ2v) is 7.71. The molecule has 156 valence electrons. The molecule has 1 N–H and O–H groups in total. The lowest BCUT2D eigenvalue weighted by molar-refractivity contribution is -0.128. The van der Waals surface area contributed by atoms with Gasteiger partial charge in [-0.05, 0) is 6.92 Å². The predicted octanol–water partition coefficient (Wildman–Crippen LogP) is 1.93. The van der Waals surface area contributed by atoms with Crippen molar-refractivity contribution in [3.05, 3.63) is 42.2 Å². The van der Waals surface area contributed by atoms with Gasteiger partial charge < -0.3 is 24.1 Å². The third-order valence-corrected chi connectivity index (χ3v) is 5.91. The highest BCUT2D eigenvalue weighted by Gasteiger charge is 2.67. The van der Waals surface area contributed by atoms with E-state index in [1.165, 1.54) is 19.1 Å². The summed E-state index contributed by atoms with van der Waals surface area (Å²) >= 11 is 0. The Kier molecular flexibility index (Phi) is 4.11. The summed E-state index contributed by atoms with van der Waals surface area (Å²) in [5, 5.41) is 6.84. The van der Waals surface area contributed by atoms with E-state index in [0.29, 0.717) is 35.3 Å². The molecule has 0 radical (unpaired) electrons. The first-order valence-corrected chi connectivity index (χ1v) is 9.60. The van der Waals surface area contributed by atoms with Gasteiger partial charge in [-0.1, -0.05) is 17.3 Å². The van der Waals surface area contributed by atoms with Crippen LogP contribution in [0.25, 0.3) is 0 Å². The summed E-state index contributed by atoms with van der Waals surface area (Å²) in [5.74, 6) is 0.364. The van der Waals surface area contributed by atoms with Crippen LogP contribution in [0.15, 0.2) is 40.9 Å². The number of carbonyl (C=O) groups excluding carboxylic acids is 2. The van der Waals surface area contributed by atoms with E-state index < -0.39 is 23.5 Å². The van der Waals surface area contributed by atoms with E-state index in [-0.39, 0.29) is 11.8 Å². The summed E-state index contributed by atoms with van der Waals surface area (Å²) in [6, 6.07) is 6.80. The van der Waals surface area contributed by atoms with E-state index in [0.717, 1.165) is 0 Å². The summed E-state index contributed by atoms with van der Waals surface area (Å²) in [6.07, 6.45) is 3.30. The van der Waals surface area contributed by atoms with Gasteiger partial charge in [0.15, 0.2) is 5.82 Å². The van der Waals surface area contributed by atoms with Crippen LogP contribution in [0.5, 0.6) is 11.5 Å². The van der Waals surface area contributed by atoms with Crippen LogP contribution in [0.1, 0.15) is 5.76 Å². The zero-order valence-electron chi connectivity index (χ0n) is 16.7. The van der Waals surface area contributed by atoms with Crippen LogP contribution in [0.3, 0.4) is 0 Å². The number of fused-ring (bicyclic) bond motifs is 1. The third kappa shape index (κ3) is 2.69. The van der Waals surface area contributed by atoms with Gasteiger partial charge in [0.1, 0.15) is 22.9 Å². The summed E-state index contributed by atoms with van der Waals surface area (Å²) in [7, 11) is 3.08. The number of anilines is 2. The number of aromatic nitrogens is 1. The molecule has 5 rings (SSSR count). The molecule has 4 atom stereocenters. The fraction of sp³-hybridized carbons (Fsp3) is 0.381. The van der Waals surface area contributed by atoms with E-state index in [4.69, 9.17) is 18.7 Å². The van der Waals surface area contributed by atoms with Crippen molar-refractivity contribution in [3.63, 3.8) is 0 Å². The molecule has 1 aromatic heterocycles. The van der Waals surface area contributed by atoms with Crippen LogP contribution in [0.4, 0.5) is 11.5 Å². The highest BCUT2D eigenvalue weighted by molar-refractivity contribution is 6.05. The molecule has 0 unspecified atom stereocenters. The lowest BCUT2D eigenvalue weighted by Crippen LogP contribution is -2.41. The number of amides is 2. The Balaban J connectivity index is 1.42. The van der Waals surface area contributed by atoms with E-state index in [1.54, 1.807) is 31.2 Å². The Morgan fingerprint density at radius 1 is 1.23 bits per heavy atom. The molecular weight excluding hydrogens is 390 g/mol. The van der Waals surface area contributed by atoms with Gasteiger partial charge in [-0.15, -0.1) is 0 Å². The average Bonchev–Trinajstić information content (AvgIpc) is 3.48. The molecule has 2 aromatic rings. The Hall–Kier alpha value is -3.33. The minimum absolute atomic E-state index is 0.196. The maximum atomic E-state index is 13.3. The standard InChI is InChI=1S/C21H21N3O6/c1-11-6-16(23-30-11)24-10-21-5-4-15(29-21)17(18(21)20(24)26)19(25)22-12-7-13(27-2)9-14(8-12)28-3/h4-9,15,17-18H,10H2,1-3H3,(H,22,25)/t15-,17+,18+,21+/m1/s1. The van der Waals surface area contributed by atoms with Crippen LogP contribution >= 0.6 is 0 Å². The van der Waals surface area contributed by atoms with E-state index in [2.05, 4.69) is 10.5 Å². The minimum Gasteiger partial charge on any atom is -0.497 e. The smallest absolute Gasteiger partial charge is 0.235 e. The normalized spacial score (nSPS) is 28.7. The van der Waals surface area contributed by atoms with Crippen molar-refractivity contribution in [2.45, 2.75) is 18.6 Å². The van der Waals surface area contributed by atoms with Crippen molar-refractivity contribution in [2.24, 2.45) is 11.8 Å². The van der Waals surface area contributed by atoms with E-state index in [9.17, 15) is 9.59 Å². The third-order valence-electron chi connectivity index (χ3n) is 5.91. The van der Waals surface area contributed by atoms with Gasteiger partial charge >= 0.3 is 0 Å². The number of hydrogen-bond acceptors (Lipinski definition) is 7. The van der Waals surface area contributed by atoms with Gasteiger partial charge in [0.2, 0.25) is 11.8 Å². The molecule has 2 fully saturated rings. The fourth-order valence-electron chi connectivity index (χ4n) is 4.58. The predicted molar refractivity (Wildman–Crippen MR) is 105 cm³/mol. The van der Waals surface area contributed by atoms with Crippen molar-refractivity contribution >= 4 is 23.3 Å². The molecular formula is C21H21N3O6. The van der Waals surface area contributed by atoms with Crippen molar-refractivity contribution in [2.75, 3.05) is 31.0 Å². The molecule has 3 aliphatic rings. The number of rotatable bonds is 5. The Morgan fingerprint density at radius 3 is 2.60 bits per heavy atom. The number of nitrogens with zero attached hydrogens (tertiary/aromatic N) is 2. The quantitative estimate of drug-likeness (QED) is 0.750. The summed E-state index contributed by atoms with van der Waals surface area (Å²) < 4.78 is 21.8. The Morgan fingerprint density at radius 2 is 1.97 bits per heavy atom. The molecule has 1 aromatic carbocycles. The molecule has 30 heavy (non-hydrogen) atoms. The number of ether oxygens (including phenoxy) is 3. The van der Waals surface area contributed by atoms with Crippen molar-refractivity contribution in [1.29, 1.82) is 0 Å². The highest BCUT2D eigenvalue weighted by atomic mass is 16.5. The molecule has 9 nitrogen and oxygen atoms in total. The number of aryl methyl sites for hydroxylation is 1. The number of hydrogen-bond donors (Lipinski definition) is 1. The number of methoxy groups -OCH3 is 2. The Bertz CT molecular complexity index is 1040. The lowest BCUT2D eigenvalue weighted by atomic mass is 9.77. The molecule has 2 saturated heterocycles. The second kappa shape index (κ2) is 6.60. The van der Waals surface area contributed by atoms with Crippen LogP contribution in [0, 0.1) is 18.8 Å². The molecule has 4 heterocycles. The van der Waals surface area contributed by atoms with Crippen molar-refractivity contribution in [1.82, 2.24) is 5.16 Å².